The first-order valence-corrected chi connectivity index (χ1v) is 8.36. The number of fused-ring (bicyclic) bond motifs is 1. The number of hydrogen-bond acceptors (Lipinski definition) is 3. The van der Waals surface area contributed by atoms with Crippen molar-refractivity contribution >= 4 is 23.8 Å². The predicted molar refractivity (Wildman–Crippen MR) is 97.4 cm³/mol. The van der Waals surface area contributed by atoms with Crippen LogP contribution in [0.2, 0.25) is 0 Å². The van der Waals surface area contributed by atoms with Crippen molar-refractivity contribution in [1.82, 2.24) is 15.8 Å². The minimum absolute atomic E-state index is 0.0232. The SMILES string of the molecule is CC(=O)N1C=Cc2ccccc2[C@H]1CC(=O)NNC(=O)c1ccc(F)cc1. The first-order valence-electron chi connectivity index (χ1n) is 8.36. The van der Waals surface area contributed by atoms with Crippen LogP contribution >= 0.6 is 0 Å². The van der Waals surface area contributed by atoms with Crippen LogP contribution in [0.1, 0.15) is 40.9 Å². The zero-order chi connectivity index (χ0) is 19.4. The Hall–Kier alpha value is -3.48. The lowest BCUT2D eigenvalue weighted by atomic mass is 9.93. The van der Waals surface area contributed by atoms with Crippen LogP contribution in [0, 0.1) is 5.82 Å². The van der Waals surface area contributed by atoms with E-state index in [0.29, 0.717) is 0 Å². The lowest BCUT2D eigenvalue weighted by Gasteiger charge is -2.32. The fourth-order valence-electron chi connectivity index (χ4n) is 2.94. The predicted octanol–water partition coefficient (Wildman–Crippen LogP) is 2.55. The van der Waals surface area contributed by atoms with Gasteiger partial charge in [0.15, 0.2) is 0 Å². The molecule has 0 fully saturated rings. The molecule has 2 N–H and O–H groups in total. The normalized spacial score (nSPS) is 15.0. The van der Waals surface area contributed by atoms with Crippen LogP contribution in [0.3, 0.4) is 0 Å². The topological polar surface area (TPSA) is 78.5 Å². The highest BCUT2D eigenvalue weighted by Gasteiger charge is 2.28. The van der Waals surface area contributed by atoms with E-state index in [1.807, 2.05) is 30.3 Å². The van der Waals surface area contributed by atoms with Crippen LogP contribution < -0.4 is 10.9 Å². The maximum Gasteiger partial charge on any atom is 0.269 e. The van der Waals surface area contributed by atoms with E-state index in [2.05, 4.69) is 10.9 Å². The molecule has 1 heterocycles. The molecule has 0 aromatic heterocycles. The average molecular weight is 367 g/mol. The quantitative estimate of drug-likeness (QED) is 0.819. The van der Waals surface area contributed by atoms with Crippen molar-refractivity contribution in [1.29, 1.82) is 0 Å². The molecule has 138 valence electrons. The van der Waals surface area contributed by atoms with Crippen LogP contribution in [0.4, 0.5) is 4.39 Å². The van der Waals surface area contributed by atoms with Gasteiger partial charge < -0.3 is 4.90 Å². The maximum atomic E-state index is 12.9. The molecule has 0 radical (unpaired) electrons. The van der Waals surface area contributed by atoms with Crippen LogP contribution in [-0.4, -0.2) is 22.6 Å². The molecule has 0 saturated heterocycles. The molecule has 3 rings (SSSR count). The highest BCUT2D eigenvalue weighted by molar-refractivity contribution is 5.95. The standard InChI is InChI=1S/C20H18FN3O3/c1-13(25)24-11-10-14-4-2-3-5-17(14)18(24)12-19(26)22-23-20(27)15-6-8-16(21)9-7-15/h2-11,18H,12H2,1H3,(H,22,26)(H,23,27)/t18-/m1/s1. The molecular weight excluding hydrogens is 349 g/mol. The van der Waals surface area contributed by atoms with Crippen LogP contribution in [0.25, 0.3) is 6.08 Å². The molecule has 2 aromatic rings. The second-order valence-corrected chi connectivity index (χ2v) is 6.10. The first-order chi connectivity index (χ1) is 13.0. The molecular formula is C20H18FN3O3. The Balaban J connectivity index is 1.67. The van der Waals surface area contributed by atoms with Gasteiger partial charge in [0, 0.05) is 18.7 Å². The lowest BCUT2D eigenvalue weighted by Crippen LogP contribution is -2.43. The third-order valence-corrected chi connectivity index (χ3v) is 4.27. The summed E-state index contributed by atoms with van der Waals surface area (Å²) in [6.45, 7) is 1.43. The summed E-state index contributed by atoms with van der Waals surface area (Å²) in [6, 6.07) is 12.0. The van der Waals surface area contributed by atoms with Crippen molar-refractivity contribution in [3.63, 3.8) is 0 Å². The third-order valence-electron chi connectivity index (χ3n) is 4.27. The van der Waals surface area contributed by atoms with Crippen molar-refractivity contribution in [2.45, 2.75) is 19.4 Å². The van der Waals surface area contributed by atoms with Crippen molar-refractivity contribution in [3.8, 4) is 0 Å². The summed E-state index contributed by atoms with van der Waals surface area (Å²) in [5, 5.41) is 0. The summed E-state index contributed by atoms with van der Waals surface area (Å²) in [4.78, 5) is 37.7. The fourth-order valence-corrected chi connectivity index (χ4v) is 2.94. The molecule has 6 nitrogen and oxygen atoms in total. The molecule has 1 aliphatic rings. The Kier molecular flexibility index (Phi) is 5.30. The van der Waals surface area contributed by atoms with Crippen molar-refractivity contribution in [2.24, 2.45) is 0 Å². The molecule has 1 atom stereocenters. The molecule has 0 bridgehead atoms. The number of nitrogens with zero attached hydrogens (tertiary/aromatic N) is 1. The first kappa shape index (κ1) is 18.3. The van der Waals surface area contributed by atoms with Crippen LogP contribution in [-0.2, 0) is 9.59 Å². The van der Waals surface area contributed by atoms with Gasteiger partial charge in [0.2, 0.25) is 11.8 Å². The number of amides is 3. The number of hydrogen-bond donors (Lipinski definition) is 2. The minimum atomic E-state index is -0.560. The fraction of sp³-hybridized carbons (Fsp3) is 0.150. The summed E-state index contributed by atoms with van der Waals surface area (Å²) in [7, 11) is 0. The average Bonchev–Trinajstić information content (AvgIpc) is 2.66. The van der Waals surface area contributed by atoms with E-state index in [9.17, 15) is 18.8 Å². The second-order valence-electron chi connectivity index (χ2n) is 6.10. The third kappa shape index (κ3) is 4.20. The van der Waals surface area contributed by atoms with E-state index in [1.54, 1.807) is 6.20 Å². The van der Waals surface area contributed by atoms with Gasteiger partial charge in [0.1, 0.15) is 5.82 Å². The van der Waals surface area contributed by atoms with Gasteiger partial charge in [-0.15, -0.1) is 0 Å². The molecule has 0 spiro atoms. The molecule has 1 aliphatic heterocycles. The lowest BCUT2D eigenvalue weighted by molar-refractivity contribution is -0.130. The van der Waals surface area contributed by atoms with Gasteiger partial charge >= 0.3 is 0 Å². The van der Waals surface area contributed by atoms with E-state index in [-0.39, 0.29) is 17.9 Å². The Morgan fingerprint density at radius 1 is 1.04 bits per heavy atom. The maximum absolute atomic E-state index is 12.9. The minimum Gasteiger partial charge on any atom is -0.311 e. The number of rotatable bonds is 3. The monoisotopic (exact) mass is 367 g/mol. The van der Waals surface area contributed by atoms with Crippen molar-refractivity contribution in [2.75, 3.05) is 0 Å². The molecule has 0 unspecified atom stereocenters. The zero-order valence-electron chi connectivity index (χ0n) is 14.6. The Labute approximate surface area is 155 Å². The molecule has 3 amide bonds. The smallest absolute Gasteiger partial charge is 0.269 e. The second kappa shape index (κ2) is 7.82. The van der Waals surface area contributed by atoms with E-state index in [1.165, 1.54) is 24.0 Å². The van der Waals surface area contributed by atoms with Crippen molar-refractivity contribution < 1.29 is 18.8 Å². The van der Waals surface area contributed by atoms with Gasteiger partial charge in [0.25, 0.3) is 5.91 Å². The molecule has 27 heavy (non-hydrogen) atoms. The molecule has 2 aromatic carbocycles. The summed E-state index contributed by atoms with van der Waals surface area (Å²) in [5.74, 6) is -1.65. The Morgan fingerprint density at radius 2 is 1.74 bits per heavy atom. The van der Waals surface area contributed by atoms with Gasteiger partial charge in [-0.2, -0.15) is 0 Å². The van der Waals surface area contributed by atoms with E-state index in [0.717, 1.165) is 23.3 Å². The number of carbonyl (C=O) groups is 3. The summed E-state index contributed by atoms with van der Waals surface area (Å²) < 4.78 is 12.9. The zero-order valence-corrected chi connectivity index (χ0v) is 14.6. The number of carbonyl (C=O) groups excluding carboxylic acids is 3. The van der Waals surface area contributed by atoms with Crippen LogP contribution in [0.5, 0.6) is 0 Å². The summed E-state index contributed by atoms with van der Waals surface area (Å²) in [5.41, 5.74) is 6.64. The molecule has 7 heteroatoms. The molecule has 0 aliphatic carbocycles. The number of nitrogens with one attached hydrogen (secondary N) is 2. The van der Waals surface area contributed by atoms with Crippen LogP contribution in [0.15, 0.2) is 54.7 Å². The van der Waals surface area contributed by atoms with Gasteiger partial charge in [-0.3, -0.25) is 25.2 Å². The number of benzene rings is 2. The summed E-state index contributed by atoms with van der Waals surface area (Å²) in [6.07, 6.45) is 3.45. The Bertz CT molecular complexity index is 909. The molecule has 0 saturated carbocycles. The van der Waals surface area contributed by atoms with Gasteiger partial charge in [-0.25, -0.2) is 4.39 Å². The van der Waals surface area contributed by atoms with Crippen molar-refractivity contribution in [3.05, 3.63) is 77.2 Å². The van der Waals surface area contributed by atoms with Gasteiger partial charge in [-0.1, -0.05) is 24.3 Å². The summed E-state index contributed by atoms with van der Waals surface area (Å²) >= 11 is 0. The highest BCUT2D eigenvalue weighted by atomic mass is 19.1. The van der Waals surface area contributed by atoms with E-state index >= 15 is 0 Å². The highest BCUT2D eigenvalue weighted by Crippen LogP contribution is 2.32. The van der Waals surface area contributed by atoms with E-state index < -0.39 is 23.7 Å². The van der Waals surface area contributed by atoms with Gasteiger partial charge in [-0.05, 0) is 41.5 Å². The Morgan fingerprint density at radius 3 is 2.44 bits per heavy atom. The van der Waals surface area contributed by atoms with Gasteiger partial charge in [0.05, 0.1) is 12.5 Å². The largest absolute Gasteiger partial charge is 0.311 e. The van der Waals surface area contributed by atoms with E-state index in [4.69, 9.17) is 0 Å². The number of halogens is 1. The number of hydrazine groups is 1.